The lowest BCUT2D eigenvalue weighted by atomic mass is 9.94. The molecule has 2 nitrogen and oxygen atoms in total. The molecule has 0 fully saturated rings. The summed E-state index contributed by atoms with van der Waals surface area (Å²) in [6, 6.07) is 0. The summed E-state index contributed by atoms with van der Waals surface area (Å²) in [6.07, 6.45) is 17.6. The minimum absolute atomic E-state index is 0.0609. The molecule has 0 amide bonds. The summed E-state index contributed by atoms with van der Waals surface area (Å²) in [7, 11) is 0. The molecule has 0 N–H and O–H groups in total. The summed E-state index contributed by atoms with van der Waals surface area (Å²) in [5, 5.41) is 0. The maximum Gasteiger partial charge on any atom is 0.308 e. The van der Waals surface area contributed by atoms with E-state index in [-0.39, 0.29) is 11.9 Å². The third-order valence-corrected chi connectivity index (χ3v) is 4.70. The van der Waals surface area contributed by atoms with Crippen LogP contribution in [0.15, 0.2) is 0 Å². The Morgan fingerprint density at radius 2 is 1.12 bits per heavy atom. The standard InChI is InChI=1S/C22H44O2/c1-5-7-9-11-13-15-17-21(22(23)24-19-20(3)4)18-16-14-12-10-8-6-2/h20-21H,5-19H2,1-4H3. The van der Waals surface area contributed by atoms with Gasteiger partial charge >= 0.3 is 5.97 Å². The highest BCUT2D eigenvalue weighted by Gasteiger charge is 2.19. The Balaban J connectivity index is 4.01. The second-order valence-electron chi connectivity index (χ2n) is 7.83. The van der Waals surface area contributed by atoms with E-state index in [1.165, 1.54) is 77.0 Å². The van der Waals surface area contributed by atoms with Crippen molar-refractivity contribution < 1.29 is 9.53 Å². The van der Waals surface area contributed by atoms with Gasteiger partial charge in [-0.3, -0.25) is 4.79 Å². The van der Waals surface area contributed by atoms with Crippen molar-refractivity contribution in [3.8, 4) is 0 Å². The fraction of sp³-hybridized carbons (Fsp3) is 0.955. The van der Waals surface area contributed by atoms with Crippen LogP contribution in [-0.4, -0.2) is 12.6 Å². The van der Waals surface area contributed by atoms with E-state index in [0.717, 1.165) is 12.8 Å². The molecule has 0 aromatic heterocycles. The average molecular weight is 341 g/mol. The Hall–Kier alpha value is -0.530. The van der Waals surface area contributed by atoms with Crippen LogP contribution < -0.4 is 0 Å². The van der Waals surface area contributed by atoms with E-state index in [4.69, 9.17) is 4.74 Å². The molecule has 0 saturated carbocycles. The molecular weight excluding hydrogens is 296 g/mol. The summed E-state index contributed by atoms with van der Waals surface area (Å²) in [6.45, 7) is 9.28. The molecule has 0 rings (SSSR count). The fourth-order valence-electron chi connectivity index (χ4n) is 3.09. The largest absolute Gasteiger partial charge is 0.465 e. The lowest BCUT2D eigenvalue weighted by Crippen LogP contribution is -2.20. The van der Waals surface area contributed by atoms with Gasteiger partial charge < -0.3 is 4.74 Å². The lowest BCUT2D eigenvalue weighted by molar-refractivity contribution is -0.150. The molecule has 0 saturated heterocycles. The van der Waals surface area contributed by atoms with E-state index in [0.29, 0.717) is 12.5 Å². The molecule has 144 valence electrons. The third kappa shape index (κ3) is 15.0. The lowest BCUT2D eigenvalue weighted by Gasteiger charge is -2.17. The minimum atomic E-state index is 0.0609. The first kappa shape index (κ1) is 23.5. The van der Waals surface area contributed by atoms with Gasteiger partial charge in [0.05, 0.1) is 12.5 Å². The number of carbonyl (C=O) groups excluding carboxylic acids is 1. The van der Waals surface area contributed by atoms with Crippen molar-refractivity contribution >= 4 is 5.97 Å². The van der Waals surface area contributed by atoms with Gasteiger partial charge in [-0.1, -0.05) is 105 Å². The Labute approximate surface area is 152 Å². The van der Waals surface area contributed by atoms with Crippen molar-refractivity contribution in [3.63, 3.8) is 0 Å². The van der Waals surface area contributed by atoms with Gasteiger partial charge in [0.1, 0.15) is 0 Å². The molecule has 0 aliphatic heterocycles. The normalized spacial score (nSPS) is 11.4. The van der Waals surface area contributed by atoms with E-state index < -0.39 is 0 Å². The van der Waals surface area contributed by atoms with E-state index >= 15 is 0 Å². The van der Waals surface area contributed by atoms with Crippen LogP contribution in [0.25, 0.3) is 0 Å². The first-order valence-electron chi connectivity index (χ1n) is 10.8. The van der Waals surface area contributed by atoms with E-state index in [1.54, 1.807) is 0 Å². The highest BCUT2D eigenvalue weighted by molar-refractivity contribution is 5.72. The zero-order valence-electron chi connectivity index (χ0n) is 17.1. The monoisotopic (exact) mass is 340 g/mol. The van der Waals surface area contributed by atoms with Gasteiger partial charge in [-0.25, -0.2) is 0 Å². The van der Waals surface area contributed by atoms with Crippen molar-refractivity contribution in [2.24, 2.45) is 11.8 Å². The number of carbonyl (C=O) groups is 1. The highest BCUT2D eigenvalue weighted by atomic mass is 16.5. The quantitative estimate of drug-likeness (QED) is 0.205. The molecule has 0 aliphatic rings. The molecule has 0 aromatic carbocycles. The molecule has 0 aliphatic carbocycles. The van der Waals surface area contributed by atoms with Crippen molar-refractivity contribution in [2.75, 3.05) is 6.61 Å². The highest BCUT2D eigenvalue weighted by Crippen LogP contribution is 2.21. The fourth-order valence-corrected chi connectivity index (χ4v) is 3.09. The van der Waals surface area contributed by atoms with Crippen LogP contribution in [0.3, 0.4) is 0 Å². The maximum absolute atomic E-state index is 12.4. The minimum Gasteiger partial charge on any atom is -0.465 e. The topological polar surface area (TPSA) is 26.3 Å². The number of unbranched alkanes of at least 4 members (excludes halogenated alkanes) is 10. The van der Waals surface area contributed by atoms with Gasteiger partial charge in [0.15, 0.2) is 0 Å². The Kier molecular flexibility index (Phi) is 16.9. The van der Waals surface area contributed by atoms with Gasteiger partial charge in [-0.05, 0) is 18.8 Å². The van der Waals surface area contributed by atoms with Gasteiger partial charge in [0, 0.05) is 0 Å². The van der Waals surface area contributed by atoms with Crippen molar-refractivity contribution in [2.45, 2.75) is 118 Å². The second kappa shape index (κ2) is 17.3. The van der Waals surface area contributed by atoms with Crippen molar-refractivity contribution in [1.29, 1.82) is 0 Å². The second-order valence-corrected chi connectivity index (χ2v) is 7.83. The van der Waals surface area contributed by atoms with Crippen LogP contribution >= 0.6 is 0 Å². The van der Waals surface area contributed by atoms with Gasteiger partial charge in [-0.15, -0.1) is 0 Å². The predicted molar refractivity (Wildman–Crippen MR) is 105 cm³/mol. The molecule has 0 heterocycles. The summed E-state index contributed by atoms with van der Waals surface area (Å²) < 4.78 is 5.52. The van der Waals surface area contributed by atoms with Gasteiger partial charge in [0.2, 0.25) is 0 Å². The summed E-state index contributed by atoms with van der Waals surface area (Å²) >= 11 is 0. The zero-order valence-corrected chi connectivity index (χ0v) is 17.1. The SMILES string of the molecule is CCCCCCCCC(CCCCCCCC)C(=O)OCC(C)C. The van der Waals surface area contributed by atoms with Crippen LogP contribution in [0.4, 0.5) is 0 Å². The van der Waals surface area contributed by atoms with Crippen LogP contribution in [0.2, 0.25) is 0 Å². The van der Waals surface area contributed by atoms with E-state index in [9.17, 15) is 4.79 Å². The Morgan fingerprint density at radius 3 is 1.54 bits per heavy atom. The molecule has 24 heavy (non-hydrogen) atoms. The van der Waals surface area contributed by atoms with Crippen LogP contribution in [0.5, 0.6) is 0 Å². The van der Waals surface area contributed by atoms with Gasteiger partial charge in [-0.2, -0.15) is 0 Å². The van der Waals surface area contributed by atoms with Crippen molar-refractivity contribution in [1.82, 2.24) is 0 Å². The molecule has 0 unspecified atom stereocenters. The molecule has 0 atom stereocenters. The molecule has 0 spiro atoms. The maximum atomic E-state index is 12.4. The zero-order chi connectivity index (χ0) is 18.0. The first-order valence-corrected chi connectivity index (χ1v) is 10.8. The molecule has 0 aromatic rings. The molecule has 2 heteroatoms. The number of hydrogen-bond acceptors (Lipinski definition) is 2. The summed E-state index contributed by atoms with van der Waals surface area (Å²) in [5.74, 6) is 0.629. The average Bonchev–Trinajstić information content (AvgIpc) is 2.56. The predicted octanol–water partition coefficient (Wildman–Crippen LogP) is 7.30. The number of esters is 1. The Bertz CT molecular complexity index is 257. The van der Waals surface area contributed by atoms with E-state index in [2.05, 4.69) is 27.7 Å². The Morgan fingerprint density at radius 1 is 0.708 bits per heavy atom. The first-order chi connectivity index (χ1) is 11.6. The van der Waals surface area contributed by atoms with E-state index in [1.807, 2.05) is 0 Å². The van der Waals surface area contributed by atoms with Crippen LogP contribution in [-0.2, 0) is 9.53 Å². The molecule has 0 bridgehead atoms. The van der Waals surface area contributed by atoms with Crippen LogP contribution in [0, 0.1) is 11.8 Å². The summed E-state index contributed by atoms with van der Waals surface area (Å²) in [5.41, 5.74) is 0. The summed E-state index contributed by atoms with van der Waals surface area (Å²) in [4.78, 5) is 12.4. The number of ether oxygens (including phenoxy) is 1. The third-order valence-electron chi connectivity index (χ3n) is 4.70. The van der Waals surface area contributed by atoms with Crippen LogP contribution in [0.1, 0.15) is 118 Å². The van der Waals surface area contributed by atoms with Crippen molar-refractivity contribution in [3.05, 3.63) is 0 Å². The van der Waals surface area contributed by atoms with Gasteiger partial charge in [0.25, 0.3) is 0 Å². The smallest absolute Gasteiger partial charge is 0.308 e. The number of rotatable bonds is 17. The molecular formula is C22H44O2. The molecule has 0 radical (unpaired) electrons. The number of hydrogen-bond donors (Lipinski definition) is 0.